The Morgan fingerprint density at radius 3 is 2.00 bits per heavy atom. The molecule has 0 aliphatic rings. The van der Waals surface area contributed by atoms with Gasteiger partial charge in [-0.3, -0.25) is 14.4 Å². The quantitative estimate of drug-likeness (QED) is 0.208. The third kappa shape index (κ3) is 7.92. The Bertz CT molecular complexity index is 496. The van der Waals surface area contributed by atoms with Crippen molar-refractivity contribution in [3.63, 3.8) is 0 Å². The van der Waals surface area contributed by atoms with Gasteiger partial charge in [-0.2, -0.15) is 0 Å². The van der Waals surface area contributed by atoms with Crippen LogP contribution >= 0.6 is 0 Å². The van der Waals surface area contributed by atoms with Gasteiger partial charge in [0.15, 0.2) is 0 Å². The van der Waals surface area contributed by atoms with Gasteiger partial charge in [0.25, 0.3) is 0 Å². The molecule has 0 aromatic heterocycles. The first-order valence-corrected chi connectivity index (χ1v) is 7.66. The number of carbonyl (C=O) groups excluding carboxylic acids is 3. The molecular formula is C14H26N4O7. The van der Waals surface area contributed by atoms with Crippen LogP contribution < -0.4 is 21.7 Å². The molecule has 4 atom stereocenters. The number of carboxylic acids is 1. The molecule has 11 nitrogen and oxygen atoms in total. The van der Waals surface area contributed by atoms with Crippen molar-refractivity contribution in [2.24, 2.45) is 11.7 Å². The van der Waals surface area contributed by atoms with Gasteiger partial charge >= 0.3 is 5.97 Å². The van der Waals surface area contributed by atoms with Crippen LogP contribution in [-0.4, -0.2) is 76.4 Å². The molecule has 0 fully saturated rings. The molecule has 3 amide bonds. The predicted octanol–water partition coefficient (Wildman–Crippen LogP) is -3.49. The Balaban J connectivity index is 4.70. The molecular weight excluding hydrogens is 336 g/mol. The van der Waals surface area contributed by atoms with Crippen molar-refractivity contribution in [1.82, 2.24) is 16.0 Å². The van der Waals surface area contributed by atoms with Crippen molar-refractivity contribution in [2.45, 2.75) is 45.0 Å². The summed E-state index contributed by atoms with van der Waals surface area (Å²) in [7, 11) is 0. The topological polar surface area (TPSA) is 191 Å². The van der Waals surface area contributed by atoms with Crippen LogP contribution in [0.3, 0.4) is 0 Å². The summed E-state index contributed by atoms with van der Waals surface area (Å²) >= 11 is 0. The first-order chi connectivity index (χ1) is 11.5. The molecule has 0 heterocycles. The fraction of sp³-hybridized carbons (Fsp3) is 0.714. The SMILES string of the molecule is CC(C)C(NC(=O)CNC(=O)C(N)C(C)O)C(=O)NC(CO)C(=O)O. The lowest BCUT2D eigenvalue weighted by Crippen LogP contribution is -2.56. The highest BCUT2D eigenvalue weighted by atomic mass is 16.4. The number of aliphatic carboxylic acids is 1. The lowest BCUT2D eigenvalue weighted by molar-refractivity contribution is -0.143. The Morgan fingerprint density at radius 2 is 1.60 bits per heavy atom. The van der Waals surface area contributed by atoms with Gasteiger partial charge in [0.2, 0.25) is 17.7 Å². The van der Waals surface area contributed by atoms with Crippen LogP contribution in [0.1, 0.15) is 20.8 Å². The van der Waals surface area contributed by atoms with Gasteiger partial charge < -0.3 is 37.0 Å². The minimum Gasteiger partial charge on any atom is -0.480 e. The van der Waals surface area contributed by atoms with Crippen LogP contribution in [-0.2, 0) is 19.2 Å². The van der Waals surface area contributed by atoms with Crippen LogP contribution in [0.4, 0.5) is 0 Å². The van der Waals surface area contributed by atoms with Gasteiger partial charge in [-0.05, 0) is 12.8 Å². The van der Waals surface area contributed by atoms with Crippen LogP contribution in [0.5, 0.6) is 0 Å². The highest BCUT2D eigenvalue weighted by Gasteiger charge is 2.28. The summed E-state index contributed by atoms with van der Waals surface area (Å²) in [5.41, 5.74) is 5.41. The maximum Gasteiger partial charge on any atom is 0.328 e. The molecule has 0 aromatic rings. The zero-order valence-electron chi connectivity index (χ0n) is 14.4. The Hall–Kier alpha value is -2.24. The van der Waals surface area contributed by atoms with E-state index >= 15 is 0 Å². The van der Waals surface area contributed by atoms with E-state index in [1.54, 1.807) is 13.8 Å². The maximum absolute atomic E-state index is 12.1. The first-order valence-electron chi connectivity index (χ1n) is 7.66. The fourth-order valence-corrected chi connectivity index (χ4v) is 1.71. The molecule has 0 radical (unpaired) electrons. The molecule has 0 aromatic carbocycles. The largest absolute Gasteiger partial charge is 0.480 e. The van der Waals surface area contributed by atoms with Crippen LogP contribution in [0.25, 0.3) is 0 Å². The van der Waals surface area contributed by atoms with E-state index in [1.807, 2.05) is 0 Å². The summed E-state index contributed by atoms with van der Waals surface area (Å²) < 4.78 is 0. The number of hydrogen-bond acceptors (Lipinski definition) is 7. The summed E-state index contributed by atoms with van der Waals surface area (Å²) in [6.07, 6.45) is -1.09. The van der Waals surface area contributed by atoms with E-state index in [1.165, 1.54) is 6.92 Å². The lowest BCUT2D eigenvalue weighted by Gasteiger charge is -2.23. The van der Waals surface area contributed by atoms with Crippen LogP contribution in [0, 0.1) is 5.92 Å². The molecule has 0 bridgehead atoms. The molecule has 0 aliphatic carbocycles. The third-order valence-corrected chi connectivity index (χ3v) is 3.31. The number of hydrogen-bond donors (Lipinski definition) is 7. The Morgan fingerprint density at radius 1 is 1.04 bits per heavy atom. The van der Waals surface area contributed by atoms with Gasteiger partial charge in [0, 0.05) is 0 Å². The smallest absolute Gasteiger partial charge is 0.328 e. The van der Waals surface area contributed by atoms with Crippen LogP contribution in [0.2, 0.25) is 0 Å². The number of aliphatic hydroxyl groups is 2. The van der Waals surface area contributed by atoms with E-state index < -0.39 is 61.1 Å². The minimum atomic E-state index is -1.49. The molecule has 4 unspecified atom stereocenters. The standard InChI is InChI=1S/C14H26N4O7/c1-6(2)11(13(23)17-8(5-19)14(24)25)18-9(21)4-16-12(22)10(15)7(3)20/h6-8,10-11,19-20H,4-5,15H2,1-3H3,(H,16,22)(H,17,23)(H,18,21)(H,24,25). The molecule has 0 saturated heterocycles. The average molecular weight is 362 g/mol. The van der Waals surface area contributed by atoms with E-state index in [0.717, 1.165) is 0 Å². The molecule has 25 heavy (non-hydrogen) atoms. The highest BCUT2D eigenvalue weighted by molar-refractivity contribution is 5.92. The normalized spacial score (nSPS) is 15.6. The molecule has 0 saturated carbocycles. The Labute approximate surface area is 145 Å². The van der Waals surface area contributed by atoms with Gasteiger partial charge in [-0.1, -0.05) is 13.8 Å². The second kappa shape index (κ2) is 10.6. The summed E-state index contributed by atoms with van der Waals surface area (Å²) in [6.45, 7) is 3.30. The second-order valence-electron chi connectivity index (χ2n) is 5.86. The van der Waals surface area contributed by atoms with E-state index in [0.29, 0.717) is 0 Å². The number of rotatable bonds is 10. The van der Waals surface area contributed by atoms with Crippen molar-refractivity contribution >= 4 is 23.7 Å². The predicted molar refractivity (Wildman–Crippen MR) is 86.1 cm³/mol. The molecule has 0 rings (SSSR count). The molecule has 144 valence electrons. The number of aliphatic hydroxyl groups excluding tert-OH is 2. The highest BCUT2D eigenvalue weighted by Crippen LogP contribution is 2.02. The third-order valence-electron chi connectivity index (χ3n) is 3.31. The average Bonchev–Trinajstić information content (AvgIpc) is 2.53. The molecule has 11 heteroatoms. The van der Waals surface area contributed by atoms with Gasteiger partial charge in [0.05, 0.1) is 19.3 Å². The van der Waals surface area contributed by atoms with Gasteiger partial charge in [-0.25, -0.2) is 4.79 Å². The van der Waals surface area contributed by atoms with E-state index in [2.05, 4.69) is 16.0 Å². The monoisotopic (exact) mass is 362 g/mol. The fourth-order valence-electron chi connectivity index (χ4n) is 1.71. The zero-order valence-corrected chi connectivity index (χ0v) is 14.4. The second-order valence-corrected chi connectivity index (χ2v) is 5.86. The van der Waals surface area contributed by atoms with E-state index in [-0.39, 0.29) is 5.92 Å². The van der Waals surface area contributed by atoms with Crippen molar-refractivity contribution < 1.29 is 34.5 Å². The number of amides is 3. The van der Waals surface area contributed by atoms with Crippen molar-refractivity contribution in [2.75, 3.05) is 13.2 Å². The van der Waals surface area contributed by atoms with Crippen molar-refractivity contribution in [3.05, 3.63) is 0 Å². The number of carboxylic acid groups (broad SMARTS) is 1. The van der Waals surface area contributed by atoms with E-state index in [9.17, 15) is 24.3 Å². The van der Waals surface area contributed by atoms with Gasteiger partial charge in [-0.15, -0.1) is 0 Å². The summed E-state index contributed by atoms with van der Waals surface area (Å²) in [6, 6.07) is -3.75. The summed E-state index contributed by atoms with van der Waals surface area (Å²) in [4.78, 5) is 46.4. The summed E-state index contributed by atoms with van der Waals surface area (Å²) in [5, 5.41) is 33.6. The maximum atomic E-state index is 12.1. The summed E-state index contributed by atoms with van der Waals surface area (Å²) in [5.74, 6) is -4.01. The Kier molecular flexibility index (Phi) is 9.64. The molecule has 8 N–H and O–H groups in total. The number of nitrogens with two attached hydrogens (primary N) is 1. The zero-order chi connectivity index (χ0) is 19.7. The van der Waals surface area contributed by atoms with E-state index in [4.69, 9.17) is 15.9 Å². The van der Waals surface area contributed by atoms with Gasteiger partial charge in [0.1, 0.15) is 18.1 Å². The molecule has 0 aliphatic heterocycles. The lowest BCUT2D eigenvalue weighted by atomic mass is 10.0. The first kappa shape index (κ1) is 22.8. The minimum absolute atomic E-state index is 0.382. The van der Waals surface area contributed by atoms with Crippen molar-refractivity contribution in [3.8, 4) is 0 Å². The number of nitrogens with one attached hydrogen (secondary N) is 3. The van der Waals surface area contributed by atoms with Crippen molar-refractivity contribution in [1.29, 1.82) is 0 Å². The number of carbonyl (C=O) groups is 4. The molecule has 0 spiro atoms. The van der Waals surface area contributed by atoms with Crippen LogP contribution in [0.15, 0.2) is 0 Å².